The van der Waals surface area contributed by atoms with E-state index in [4.69, 9.17) is 9.94 Å². The van der Waals surface area contributed by atoms with E-state index in [1.807, 2.05) is 45.0 Å². The highest BCUT2D eigenvalue weighted by Gasteiger charge is 2.20. The van der Waals surface area contributed by atoms with Gasteiger partial charge in [0.2, 0.25) is 0 Å². The molecule has 1 heterocycles. The second kappa shape index (κ2) is 4.76. The molecule has 0 atom stereocenters. The van der Waals surface area contributed by atoms with Crippen molar-refractivity contribution in [3.05, 3.63) is 36.0 Å². The highest BCUT2D eigenvalue weighted by Crippen LogP contribution is 2.21. The first-order valence-corrected chi connectivity index (χ1v) is 5.93. The number of aromatic nitrogens is 1. The second-order valence-corrected chi connectivity index (χ2v) is 5.20. The molecule has 1 aromatic carbocycles. The monoisotopic (exact) mass is 260 g/mol. The minimum atomic E-state index is -0.562. The summed E-state index contributed by atoms with van der Waals surface area (Å²) in [6.45, 7) is 5.44. The SMILES string of the molecule is CC(C)(C)OC(=O)n1cc(/C=N/O)c2ccccc21. The van der Waals surface area contributed by atoms with Crippen molar-refractivity contribution in [1.29, 1.82) is 0 Å². The molecule has 1 aromatic heterocycles. The number of rotatable bonds is 1. The minimum absolute atomic E-state index is 0.457. The van der Waals surface area contributed by atoms with E-state index >= 15 is 0 Å². The molecule has 5 heteroatoms. The summed E-state index contributed by atoms with van der Waals surface area (Å²) in [7, 11) is 0. The molecule has 100 valence electrons. The van der Waals surface area contributed by atoms with Crippen LogP contribution in [0.15, 0.2) is 35.6 Å². The van der Waals surface area contributed by atoms with E-state index in [2.05, 4.69) is 5.16 Å². The Kier molecular flexibility index (Phi) is 3.29. The lowest BCUT2D eigenvalue weighted by molar-refractivity contribution is 0.0544. The number of nitrogens with zero attached hydrogens (tertiary/aromatic N) is 2. The van der Waals surface area contributed by atoms with E-state index in [9.17, 15) is 4.79 Å². The van der Waals surface area contributed by atoms with Gasteiger partial charge < -0.3 is 9.94 Å². The van der Waals surface area contributed by atoms with Gasteiger partial charge in [-0.05, 0) is 26.8 Å². The molecule has 0 radical (unpaired) electrons. The van der Waals surface area contributed by atoms with Crippen molar-refractivity contribution in [2.24, 2.45) is 5.16 Å². The summed E-state index contributed by atoms with van der Waals surface area (Å²) in [5, 5.41) is 12.5. The lowest BCUT2D eigenvalue weighted by Gasteiger charge is -2.19. The fourth-order valence-electron chi connectivity index (χ4n) is 1.83. The summed E-state index contributed by atoms with van der Waals surface area (Å²) < 4.78 is 6.75. The zero-order valence-electron chi connectivity index (χ0n) is 11.1. The molecule has 0 spiro atoms. The Hall–Kier alpha value is -2.30. The molecule has 1 N–H and O–H groups in total. The fourth-order valence-corrected chi connectivity index (χ4v) is 1.83. The van der Waals surface area contributed by atoms with Gasteiger partial charge in [0, 0.05) is 17.1 Å². The average Bonchev–Trinajstić information content (AvgIpc) is 2.67. The Bertz CT molecular complexity index is 636. The quantitative estimate of drug-likeness (QED) is 0.486. The van der Waals surface area contributed by atoms with Crippen LogP contribution < -0.4 is 0 Å². The Morgan fingerprint density at radius 1 is 1.37 bits per heavy atom. The second-order valence-electron chi connectivity index (χ2n) is 5.20. The van der Waals surface area contributed by atoms with E-state index in [0.717, 1.165) is 5.39 Å². The predicted octanol–water partition coefficient (Wildman–Crippen LogP) is 3.23. The first-order chi connectivity index (χ1) is 8.92. The van der Waals surface area contributed by atoms with E-state index in [-0.39, 0.29) is 0 Å². The molecular formula is C14H16N2O3. The number of fused-ring (bicyclic) bond motifs is 1. The Morgan fingerprint density at radius 2 is 2.05 bits per heavy atom. The van der Waals surface area contributed by atoms with Gasteiger partial charge in [0.15, 0.2) is 0 Å². The number of benzene rings is 1. The molecular weight excluding hydrogens is 244 g/mol. The summed E-state index contributed by atoms with van der Waals surface area (Å²) in [5.41, 5.74) is 0.809. The van der Waals surface area contributed by atoms with Gasteiger partial charge in [0.05, 0.1) is 11.7 Å². The van der Waals surface area contributed by atoms with Crippen LogP contribution in [-0.2, 0) is 4.74 Å². The average molecular weight is 260 g/mol. The van der Waals surface area contributed by atoms with Crippen LogP contribution in [0.25, 0.3) is 10.9 Å². The van der Waals surface area contributed by atoms with Crippen molar-refractivity contribution in [3.63, 3.8) is 0 Å². The van der Waals surface area contributed by atoms with Crippen molar-refractivity contribution in [2.75, 3.05) is 0 Å². The fraction of sp³-hybridized carbons (Fsp3) is 0.286. The van der Waals surface area contributed by atoms with Gasteiger partial charge in [-0.25, -0.2) is 4.79 Å². The van der Waals surface area contributed by atoms with Gasteiger partial charge in [-0.3, -0.25) is 4.57 Å². The third kappa shape index (κ3) is 2.76. The van der Waals surface area contributed by atoms with Gasteiger partial charge in [-0.15, -0.1) is 0 Å². The lowest BCUT2D eigenvalue weighted by atomic mass is 10.2. The van der Waals surface area contributed by atoms with E-state index < -0.39 is 11.7 Å². The van der Waals surface area contributed by atoms with E-state index in [0.29, 0.717) is 11.1 Å². The van der Waals surface area contributed by atoms with Crippen LogP contribution in [0.2, 0.25) is 0 Å². The van der Waals surface area contributed by atoms with Crippen LogP contribution in [0.4, 0.5) is 4.79 Å². The summed E-state index contributed by atoms with van der Waals surface area (Å²) in [4.78, 5) is 12.1. The Balaban J connectivity index is 2.52. The van der Waals surface area contributed by atoms with Gasteiger partial charge in [-0.1, -0.05) is 23.4 Å². The number of oxime groups is 1. The van der Waals surface area contributed by atoms with Crippen molar-refractivity contribution in [2.45, 2.75) is 26.4 Å². The summed E-state index contributed by atoms with van der Waals surface area (Å²) in [6.07, 6.45) is 2.43. The number of ether oxygens (including phenoxy) is 1. The molecule has 2 rings (SSSR count). The summed E-state index contributed by atoms with van der Waals surface area (Å²) >= 11 is 0. The third-order valence-electron chi connectivity index (χ3n) is 2.53. The van der Waals surface area contributed by atoms with Crippen LogP contribution in [0.3, 0.4) is 0 Å². The van der Waals surface area contributed by atoms with Gasteiger partial charge in [-0.2, -0.15) is 0 Å². The van der Waals surface area contributed by atoms with Crippen LogP contribution in [0.5, 0.6) is 0 Å². The maximum Gasteiger partial charge on any atom is 0.419 e. The first kappa shape index (κ1) is 13.1. The Labute approximate surface area is 111 Å². The number of carbonyl (C=O) groups excluding carboxylic acids is 1. The first-order valence-electron chi connectivity index (χ1n) is 5.93. The normalized spacial score (nSPS) is 12.2. The highest BCUT2D eigenvalue weighted by molar-refractivity contribution is 6.02. The molecule has 0 aliphatic rings. The van der Waals surface area contributed by atoms with E-state index in [1.165, 1.54) is 10.8 Å². The van der Waals surface area contributed by atoms with Crippen LogP contribution in [-0.4, -0.2) is 27.7 Å². The van der Waals surface area contributed by atoms with Crippen LogP contribution in [0, 0.1) is 0 Å². The maximum atomic E-state index is 12.1. The Morgan fingerprint density at radius 3 is 2.68 bits per heavy atom. The van der Waals surface area contributed by atoms with Crippen molar-refractivity contribution < 1.29 is 14.7 Å². The molecule has 0 unspecified atom stereocenters. The molecule has 19 heavy (non-hydrogen) atoms. The topological polar surface area (TPSA) is 63.8 Å². The standard InChI is InChI=1S/C14H16N2O3/c1-14(2,3)19-13(17)16-9-10(8-15-18)11-6-4-5-7-12(11)16/h4-9,18H,1-3H3/b15-8+. The maximum absolute atomic E-state index is 12.1. The molecule has 0 aliphatic carbocycles. The third-order valence-corrected chi connectivity index (χ3v) is 2.53. The molecule has 0 aliphatic heterocycles. The zero-order valence-corrected chi connectivity index (χ0v) is 11.1. The van der Waals surface area contributed by atoms with Crippen molar-refractivity contribution in [3.8, 4) is 0 Å². The smallest absolute Gasteiger partial charge is 0.419 e. The minimum Gasteiger partial charge on any atom is -0.443 e. The largest absolute Gasteiger partial charge is 0.443 e. The van der Waals surface area contributed by atoms with Crippen molar-refractivity contribution in [1.82, 2.24) is 4.57 Å². The molecule has 0 amide bonds. The number of para-hydroxylation sites is 1. The summed E-state index contributed by atoms with van der Waals surface area (Å²) in [6, 6.07) is 7.36. The molecule has 5 nitrogen and oxygen atoms in total. The van der Waals surface area contributed by atoms with Gasteiger partial charge in [0.25, 0.3) is 0 Å². The van der Waals surface area contributed by atoms with Crippen LogP contribution >= 0.6 is 0 Å². The predicted molar refractivity (Wildman–Crippen MR) is 73.0 cm³/mol. The summed E-state index contributed by atoms with van der Waals surface area (Å²) in [5.74, 6) is 0. The van der Waals surface area contributed by atoms with Gasteiger partial charge in [0.1, 0.15) is 5.60 Å². The molecule has 0 bridgehead atoms. The number of hydrogen-bond donors (Lipinski definition) is 1. The van der Waals surface area contributed by atoms with Crippen molar-refractivity contribution >= 4 is 23.2 Å². The molecule has 0 saturated carbocycles. The number of carbonyl (C=O) groups is 1. The lowest BCUT2D eigenvalue weighted by Crippen LogP contribution is -2.26. The molecule has 0 fully saturated rings. The zero-order chi connectivity index (χ0) is 14.0. The molecule has 0 saturated heterocycles. The van der Waals surface area contributed by atoms with Gasteiger partial charge >= 0.3 is 6.09 Å². The number of hydrogen-bond acceptors (Lipinski definition) is 4. The molecule has 2 aromatic rings. The van der Waals surface area contributed by atoms with Crippen LogP contribution in [0.1, 0.15) is 26.3 Å². The highest BCUT2D eigenvalue weighted by atomic mass is 16.6. The van der Waals surface area contributed by atoms with E-state index in [1.54, 1.807) is 6.20 Å².